The van der Waals surface area contributed by atoms with Crippen molar-refractivity contribution < 1.29 is 19.4 Å². The summed E-state index contributed by atoms with van der Waals surface area (Å²) in [5.41, 5.74) is 6.48. The minimum atomic E-state index is -0.646. The summed E-state index contributed by atoms with van der Waals surface area (Å²) in [6.07, 6.45) is -1.04. The van der Waals surface area contributed by atoms with E-state index in [4.69, 9.17) is 9.47 Å². The number of anilines is 1. The average Bonchev–Trinajstić information content (AvgIpc) is 3.10. The molecule has 1 amide bonds. The van der Waals surface area contributed by atoms with Gasteiger partial charge in [0, 0.05) is 42.4 Å². The number of carbonyl (C=O) groups excluding carboxylic acids is 1. The van der Waals surface area contributed by atoms with E-state index in [-0.39, 0.29) is 30.6 Å². The number of benzene rings is 5. The molecule has 2 N–H and O–H groups in total. The lowest BCUT2D eigenvalue weighted by atomic mass is 9.89. The SMILES string of the molecule is CC1C(CN(Cc2ccccc2)Cc2ccccc2)OC(c2cccc(NC(=O)c3ccccc3)c2)OC1c1ccc(CO)cc1. The van der Waals surface area contributed by atoms with Gasteiger partial charge in [0.2, 0.25) is 0 Å². The molecule has 1 aliphatic heterocycles. The first-order valence-electron chi connectivity index (χ1n) is 15.8. The maximum absolute atomic E-state index is 12.9. The smallest absolute Gasteiger partial charge is 0.255 e. The minimum Gasteiger partial charge on any atom is -0.392 e. The van der Waals surface area contributed by atoms with Crippen LogP contribution in [0.5, 0.6) is 0 Å². The molecule has 1 fully saturated rings. The van der Waals surface area contributed by atoms with Crippen molar-refractivity contribution >= 4 is 11.6 Å². The first kappa shape index (κ1) is 31.4. The molecule has 0 saturated carbocycles. The molecule has 5 aromatic carbocycles. The Kier molecular flexibility index (Phi) is 10.3. The molecule has 6 rings (SSSR count). The number of hydrogen-bond donors (Lipinski definition) is 2. The van der Waals surface area contributed by atoms with E-state index in [1.54, 1.807) is 12.1 Å². The quantitative estimate of drug-likeness (QED) is 0.159. The molecule has 4 unspecified atom stereocenters. The van der Waals surface area contributed by atoms with E-state index in [0.29, 0.717) is 17.8 Å². The summed E-state index contributed by atoms with van der Waals surface area (Å²) in [5.74, 6) is -0.139. The largest absolute Gasteiger partial charge is 0.392 e. The minimum absolute atomic E-state index is 0.00879. The molecule has 0 radical (unpaired) electrons. The van der Waals surface area contributed by atoms with Crippen LogP contribution in [0.3, 0.4) is 0 Å². The van der Waals surface area contributed by atoms with Gasteiger partial charge in [-0.3, -0.25) is 9.69 Å². The van der Waals surface area contributed by atoms with Gasteiger partial charge in [-0.25, -0.2) is 0 Å². The zero-order valence-electron chi connectivity index (χ0n) is 26.0. The molecule has 0 aliphatic carbocycles. The Morgan fingerprint density at radius 1 is 0.696 bits per heavy atom. The number of amides is 1. The van der Waals surface area contributed by atoms with Crippen LogP contribution < -0.4 is 5.32 Å². The summed E-state index contributed by atoms with van der Waals surface area (Å²) >= 11 is 0. The van der Waals surface area contributed by atoms with Crippen LogP contribution >= 0.6 is 0 Å². The second-order valence-electron chi connectivity index (χ2n) is 11.9. The number of nitrogens with one attached hydrogen (secondary N) is 1. The molecule has 4 atom stereocenters. The van der Waals surface area contributed by atoms with Gasteiger partial charge in [-0.1, -0.05) is 122 Å². The highest BCUT2D eigenvalue weighted by atomic mass is 16.7. The van der Waals surface area contributed by atoms with E-state index >= 15 is 0 Å². The predicted molar refractivity (Wildman–Crippen MR) is 181 cm³/mol. The normalized spacial score (nSPS) is 19.5. The van der Waals surface area contributed by atoms with E-state index in [9.17, 15) is 9.90 Å². The fourth-order valence-electron chi connectivity index (χ4n) is 6.01. The predicted octanol–water partition coefficient (Wildman–Crippen LogP) is 7.93. The monoisotopic (exact) mass is 612 g/mol. The lowest BCUT2D eigenvalue weighted by Gasteiger charge is -2.43. The molecule has 1 aliphatic rings. The topological polar surface area (TPSA) is 71.0 Å². The van der Waals surface area contributed by atoms with Crippen molar-refractivity contribution in [2.75, 3.05) is 11.9 Å². The van der Waals surface area contributed by atoms with Crippen LogP contribution in [0.4, 0.5) is 5.69 Å². The Morgan fingerprint density at radius 2 is 1.30 bits per heavy atom. The van der Waals surface area contributed by atoms with Gasteiger partial charge in [-0.15, -0.1) is 0 Å². The molecule has 1 saturated heterocycles. The molecule has 0 aromatic heterocycles. The average molecular weight is 613 g/mol. The van der Waals surface area contributed by atoms with Gasteiger partial charge in [-0.2, -0.15) is 0 Å². The standard InChI is InChI=1S/C40H40N2O4/c1-29-37(27-42(25-30-12-5-2-6-13-30)26-31-14-7-3-8-15-31)45-40(46-38(29)33-22-20-32(28-43)21-23-33)35-18-11-19-36(24-35)41-39(44)34-16-9-4-10-17-34/h2-24,29,37-38,40,43H,25-28H2,1H3,(H,41,44). The molecule has 6 nitrogen and oxygen atoms in total. The van der Waals surface area contributed by atoms with E-state index in [2.05, 4.69) is 65.7 Å². The zero-order chi connectivity index (χ0) is 31.7. The number of hydrogen-bond acceptors (Lipinski definition) is 5. The Hall–Kier alpha value is -4.59. The number of ether oxygens (including phenoxy) is 2. The third-order valence-corrected chi connectivity index (χ3v) is 8.51. The summed E-state index contributed by atoms with van der Waals surface area (Å²) in [4.78, 5) is 15.4. The summed E-state index contributed by atoms with van der Waals surface area (Å²) in [7, 11) is 0. The Morgan fingerprint density at radius 3 is 1.91 bits per heavy atom. The molecule has 5 aromatic rings. The van der Waals surface area contributed by atoms with Gasteiger partial charge in [0.1, 0.15) is 0 Å². The molecule has 234 valence electrons. The number of rotatable bonds is 11. The first-order chi connectivity index (χ1) is 22.6. The molecule has 0 bridgehead atoms. The summed E-state index contributed by atoms with van der Waals surface area (Å²) < 4.78 is 13.5. The van der Waals surface area contributed by atoms with Crippen molar-refractivity contribution in [3.8, 4) is 0 Å². The highest BCUT2D eigenvalue weighted by molar-refractivity contribution is 6.04. The van der Waals surface area contributed by atoms with Crippen molar-refractivity contribution in [2.24, 2.45) is 5.92 Å². The molecule has 0 spiro atoms. The third kappa shape index (κ3) is 7.97. The summed E-state index contributed by atoms with van der Waals surface area (Å²) in [5, 5.41) is 12.7. The second-order valence-corrected chi connectivity index (χ2v) is 11.9. The van der Waals surface area contributed by atoms with Crippen molar-refractivity contribution in [1.29, 1.82) is 0 Å². The van der Waals surface area contributed by atoms with Gasteiger partial charge < -0.3 is 19.9 Å². The Labute approximate surface area is 271 Å². The first-order valence-corrected chi connectivity index (χ1v) is 15.8. The van der Waals surface area contributed by atoms with Crippen LogP contribution in [-0.2, 0) is 29.2 Å². The maximum atomic E-state index is 12.9. The lowest BCUT2D eigenvalue weighted by molar-refractivity contribution is -0.276. The highest BCUT2D eigenvalue weighted by Crippen LogP contribution is 2.42. The van der Waals surface area contributed by atoms with Crippen molar-refractivity contribution in [3.05, 3.63) is 173 Å². The molecular formula is C40H40N2O4. The van der Waals surface area contributed by atoms with E-state index < -0.39 is 6.29 Å². The van der Waals surface area contributed by atoms with Crippen LogP contribution in [0, 0.1) is 5.92 Å². The summed E-state index contributed by atoms with van der Waals surface area (Å²) in [6, 6.07) is 45.9. The van der Waals surface area contributed by atoms with Gasteiger partial charge in [0.25, 0.3) is 5.91 Å². The molecule has 46 heavy (non-hydrogen) atoms. The molecular weight excluding hydrogens is 572 g/mol. The fraction of sp³-hybridized carbons (Fsp3) is 0.225. The number of carbonyl (C=O) groups is 1. The van der Waals surface area contributed by atoms with Crippen LogP contribution in [0.15, 0.2) is 140 Å². The van der Waals surface area contributed by atoms with Crippen molar-refractivity contribution in [3.63, 3.8) is 0 Å². The van der Waals surface area contributed by atoms with Crippen molar-refractivity contribution in [2.45, 2.75) is 45.1 Å². The van der Waals surface area contributed by atoms with Crippen LogP contribution in [0.2, 0.25) is 0 Å². The van der Waals surface area contributed by atoms with Gasteiger partial charge >= 0.3 is 0 Å². The zero-order valence-corrected chi connectivity index (χ0v) is 26.0. The van der Waals surface area contributed by atoms with E-state index in [1.165, 1.54) is 11.1 Å². The highest BCUT2D eigenvalue weighted by Gasteiger charge is 2.39. The van der Waals surface area contributed by atoms with Gasteiger partial charge in [0.15, 0.2) is 6.29 Å². The summed E-state index contributed by atoms with van der Waals surface area (Å²) in [6.45, 7) is 4.44. The number of aliphatic hydroxyl groups is 1. The number of nitrogens with zero attached hydrogens (tertiary/aromatic N) is 1. The van der Waals surface area contributed by atoms with Crippen LogP contribution in [0.25, 0.3) is 0 Å². The van der Waals surface area contributed by atoms with Gasteiger partial charge in [0.05, 0.1) is 18.8 Å². The fourth-order valence-corrected chi connectivity index (χ4v) is 6.01. The molecule has 6 heteroatoms. The van der Waals surface area contributed by atoms with Crippen molar-refractivity contribution in [1.82, 2.24) is 4.90 Å². The Balaban J connectivity index is 1.28. The van der Waals surface area contributed by atoms with E-state index in [0.717, 1.165) is 29.8 Å². The van der Waals surface area contributed by atoms with E-state index in [1.807, 2.05) is 78.9 Å². The lowest BCUT2D eigenvalue weighted by Crippen LogP contribution is -2.44. The second kappa shape index (κ2) is 15.1. The molecule has 1 heterocycles. The Bertz CT molecular complexity index is 1640. The van der Waals surface area contributed by atoms with Gasteiger partial charge in [-0.05, 0) is 46.5 Å². The number of aliphatic hydroxyl groups excluding tert-OH is 1. The van der Waals surface area contributed by atoms with Crippen LogP contribution in [-0.4, -0.2) is 28.6 Å². The maximum Gasteiger partial charge on any atom is 0.255 e. The third-order valence-electron chi connectivity index (χ3n) is 8.51. The van der Waals surface area contributed by atoms with Crippen LogP contribution in [0.1, 0.15) is 57.5 Å².